The maximum atomic E-state index is 11.0. The molecule has 0 aliphatic heterocycles. The lowest BCUT2D eigenvalue weighted by molar-refractivity contribution is 0.0697. The molecule has 0 saturated carbocycles. The summed E-state index contributed by atoms with van der Waals surface area (Å²) in [6, 6.07) is 4.83. The molecule has 0 amide bonds. The molecule has 1 N–H and O–H groups in total. The van der Waals surface area contributed by atoms with Crippen LogP contribution in [-0.2, 0) is 0 Å². The van der Waals surface area contributed by atoms with E-state index in [-0.39, 0.29) is 0 Å². The Morgan fingerprint density at radius 2 is 2.00 bits per heavy atom. The zero-order valence-corrected chi connectivity index (χ0v) is 9.58. The number of hydrogen-bond donors (Lipinski definition) is 1. The summed E-state index contributed by atoms with van der Waals surface area (Å²) in [5, 5.41) is 9.58. The minimum atomic E-state index is -0.923. The number of benzene rings is 1. The maximum absolute atomic E-state index is 11.0. The predicted octanol–water partition coefficient (Wildman–Crippen LogP) is 2.88. The van der Waals surface area contributed by atoms with Crippen LogP contribution in [0.25, 0.3) is 0 Å². The van der Waals surface area contributed by atoms with Crippen LogP contribution in [-0.4, -0.2) is 24.2 Å². The van der Waals surface area contributed by atoms with Crippen LogP contribution in [0.5, 0.6) is 0 Å². The number of nitrogens with zero attached hydrogens (tertiary/aromatic N) is 1. The summed E-state index contributed by atoms with van der Waals surface area (Å²) < 4.78 is 0. The lowest BCUT2D eigenvalue weighted by Gasteiger charge is -2.22. The summed E-state index contributed by atoms with van der Waals surface area (Å²) in [6.45, 7) is 5.49. The van der Waals surface area contributed by atoms with Crippen LogP contribution in [0, 0.1) is 0 Å². The summed E-state index contributed by atoms with van der Waals surface area (Å²) in [7, 11) is 0. The van der Waals surface area contributed by atoms with Gasteiger partial charge in [0.25, 0.3) is 0 Å². The van der Waals surface area contributed by atoms with Crippen molar-refractivity contribution in [1.29, 1.82) is 0 Å². The first-order valence-electron chi connectivity index (χ1n) is 4.88. The highest BCUT2D eigenvalue weighted by atomic mass is 35.5. The molecule has 1 rings (SSSR count). The molecular weight excluding hydrogens is 214 g/mol. The van der Waals surface area contributed by atoms with E-state index in [2.05, 4.69) is 0 Å². The summed E-state index contributed by atoms with van der Waals surface area (Å²) in [5.41, 5.74) is 0.975. The van der Waals surface area contributed by atoms with Crippen molar-refractivity contribution >= 4 is 23.3 Å². The van der Waals surface area contributed by atoms with E-state index in [1.165, 1.54) is 0 Å². The highest BCUT2D eigenvalue weighted by molar-refractivity contribution is 6.31. The Bertz CT molecular complexity index is 362. The molecule has 0 fully saturated rings. The minimum Gasteiger partial charge on any atom is -0.478 e. The Balaban J connectivity index is 3.22. The van der Waals surface area contributed by atoms with E-state index in [4.69, 9.17) is 16.7 Å². The zero-order chi connectivity index (χ0) is 11.4. The average Bonchev–Trinajstić information content (AvgIpc) is 2.19. The van der Waals surface area contributed by atoms with E-state index in [0.717, 1.165) is 13.1 Å². The minimum absolute atomic E-state index is 0.295. The molecule has 0 spiro atoms. The standard InChI is InChI=1S/C11H14ClNO2/c1-3-13(4-2)10-7-8(12)5-6-9(10)11(14)15/h5-7H,3-4H2,1-2H3,(H,14,15). The van der Waals surface area contributed by atoms with Crippen LogP contribution in [0.1, 0.15) is 24.2 Å². The molecule has 0 heterocycles. The van der Waals surface area contributed by atoms with Gasteiger partial charge in [-0.25, -0.2) is 4.79 Å². The van der Waals surface area contributed by atoms with Gasteiger partial charge in [-0.1, -0.05) is 11.6 Å². The summed E-state index contributed by atoms with van der Waals surface area (Å²) in [4.78, 5) is 13.0. The van der Waals surface area contributed by atoms with Gasteiger partial charge in [-0.2, -0.15) is 0 Å². The Morgan fingerprint density at radius 3 is 2.47 bits per heavy atom. The monoisotopic (exact) mass is 227 g/mol. The van der Waals surface area contributed by atoms with Gasteiger partial charge in [0.05, 0.1) is 11.3 Å². The van der Waals surface area contributed by atoms with Gasteiger partial charge in [0.15, 0.2) is 0 Å². The SMILES string of the molecule is CCN(CC)c1cc(Cl)ccc1C(=O)O. The number of anilines is 1. The first kappa shape index (κ1) is 11.9. The molecule has 0 aliphatic carbocycles. The number of carbonyl (C=O) groups is 1. The fourth-order valence-corrected chi connectivity index (χ4v) is 1.68. The Kier molecular flexibility index (Phi) is 3.97. The molecule has 0 saturated heterocycles. The molecule has 3 nitrogen and oxygen atoms in total. The molecule has 0 aromatic heterocycles. The van der Waals surface area contributed by atoms with Crippen LogP contribution >= 0.6 is 11.6 Å². The average molecular weight is 228 g/mol. The number of aromatic carboxylic acids is 1. The zero-order valence-electron chi connectivity index (χ0n) is 8.83. The van der Waals surface area contributed by atoms with Crippen LogP contribution in [0.15, 0.2) is 18.2 Å². The second-order valence-corrected chi connectivity index (χ2v) is 3.58. The molecule has 82 valence electrons. The van der Waals surface area contributed by atoms with Gasteiger partial charge in [0, 0.05) is 18.1 Å². The number of halogens is 1. The van der Waals surface area contributed by atoms with Gasteiger partial charge in [0.1, 0.15) is 0 Å². The van der Waals surface area contributed by atoms with Gasteiger partial charge in [-0.3, -0.25) is 0 Å². The van der Waals surface area contributed by atoms with Gasteiger partial charge in [-0.05, 0) is 32.0 Å². The normalized spacial score (nSPS) is 10.1. The molecule has 0 aliphatic rings. The van der Waals surface area contributed by atoms with E-state index in [0.29, 0.717) is 16.3 Å². The van der Waals surface area contributed by atoms with Crippen LogP contribution in [0.3, 0.4) is 0 Å². The van der Waals surface area contributed by atoms with Gasteiger partial charge >= 0.3 is 5.97 Å². The fraction of sp³-hybridized carbons (Fsp3) is 0.364. The van der Waals surface area contributed by atoms with Crippen LogP contribution in [0.4, 0.5) is 5.69 Å². The third kappa shape index (κ3) is 2.63. The topological polar surface area (TPSA) is 40.5 Å². The van der Waals surface area contributed by atoms with E-state index < -0.39 is 5.97 Å². The Morgan fingerprint density at radius 1 is 1.40 bits per heavy atom. The fourth-order valence-electron chi connectivity index (χ4n) is 1.51. The molecule has 0 bridgehead atoms. The van der Waals surface area contributed by atoms with Crippen molar-refractivity contribution in [2.24, 2.45) is 0 Å². The quantitative estimate of drug-likeness (QED) is 0.860. The lowest BCUT2D eigenvalue weighted by atomic mass is 10.1. The second-order valence-electron chi connectivity index (χ2n) is 3.14. The summed E-state index contributed by atoms with van der Waals surface area (Å²) in [5.74, 6) is -0.923. The molecule has 0 atom stereocenters. The molecular formula is C11H14ClNO2. The highest BCUT2D eigenvalue weighted by Crippen LogP contribution is 2.24. The molecule has 0 unspecified atom stereocenters. The van der Waals surface area contributed by atoms with Gasteiger partial charge < -0.3 is 10.0 Å². The number of rotatable bonds is 4. The number of carboxylic acid groups (broad SMARTS) is 1. The molecule has 1 aromatic rings. The third-order valence-electron chi connectivity index (χ3n) is 2.29. The molecule has 0 radical (unpaired) electrons. The summed E-state index contributed by atoms with van der Waals surface area (Å²) >= 11 is 5.86. The van der Waals surface area contributed by atoms with Crippen molar-refractivity contribution in [3.63, 3.8) is 0 Å². The van der Waals surface area contributed by atoms with Crippen molar-refractivity contribution in [3.8, 4) is 0 Å². The van der Waals surface area contributed by atoms with Gasteiger partial charge in [-0.15, -0.1) is 0 Å². The Labute approximate surface area is 94.3 Å². The first-order valence-corrected chi connectivity index (χ1v) is 5.25. The van der Waals surface area contributed by atoms with Crippen molar-refractivity contribution < 1.29 is 9.90 Å². The smallest absolute Gasteiger partial charge is 0.337 e. The summed E-state index contributed by atoms with van der Waals surface area (Å²) in [6.07, 6.45) is 0. The molecule has 15 heavy (non-hydrogen) atoms. The van der Waals surface area contributed by atoms with E-state index in [1.54, 1.807) is 18.2 Å². The van der Waals surface area contributed by atoms with Crippen molar-refractivity contribution in [3.05, 3.63) is 28.8 Å². The van der Waals surface area contributed by atoms with Crippen molar-refractivity contribution in [2.75, 3.05) is 18.0 Å². The van der Waals surface area contributed by atoms with Crippen molar-refractivity contribution in [1.82, 2.24) is 0 Å². The largest absolute Gasteiger partial charge is 0.478 e. The van der Waals surface area contributed by atoms with E-state index in [1.807, 2.05) is 18.7 Å². The highest BCUT2D eigenvalue weighted by Gasteiger charge is 2.14. The predicted molar refractivity (Wildman–Crippen MR) is 62.0 cm³/mol. The lowest BCUT2D eigenvalue weighted by Crippen LogP contribution is -2.24. The third-order valence-corrected chi connectivity index (χ3v) is 2.53. The van der Waals surface area contributed by atoms with Crippen LogP contribution in [0.2, 0.25) is 5.02 Å². The Hall–Kier alpha value is -1.22. The first-order chi connectivity index (χ1) is 7.10. The molecule has 1 aromatic carbocycles. The van der Waals surface area contributed by atoms with E-state index >= 15 is 0 Å². The molecule has 4 heteroatoms. The van der Waals surface area contributed by atoms with Crippen molar-refractivity contribution in [2.45, 2.75) is 13.8 Å². The maximum Gasteiger partial charge on any atom is 0.337 e. The van der Waals surface area contributed by atoms with Crippen LogP contribution < -0.4 is 4.90 Å². The second kappa shape index (κ2) is 5.03. The van der Waals surface area contributed by atoms with E-state index in [9.17, 15) is 4.79 Å². The number of carboxylic acids is 1. The number of hydrogen-bond acceptors (Lipinski definition) is 2. The van der Waals surface area contributed by atoms with Gasteiger partial charge in [0.2, 0.25) is 0 Å².